The molecule has 0 aliphatic heterocycles. The van der Waals surface area contributed by atoms with Crippen LogP contribution in [0.5, 0.6) is 5.75 Å². The van der Waals surface area contributed by atoms with Gasteiger partial charge in [0.2, 0.25) is 11.8 Å². The smallest absolute Gasteiger partial charge is 0.254 e. The first kappa shape index (κ1) is 24.6. The Morgan fingerprint density at radius 3 is 2.53 bits per heavy atom. The van der Waals surface area contributed by atoms with E-state index in [1.54, 1.807) is 31.2 Å². The number of amides is 2. The Morgan fingerprint density at radius 2 is 1.72 bits per heavy atom. The average Bonchev–Trinajstić information content (AvgIpc) is 3.25. The predicted octanol–water partition coefficient (Wildman–Crippen LogP) is 5.27. The first-order chi connectivity index (χ1) is 17.4. The maximum absolute atomic E-state index is 13.9. The van der Waals surface area contributed by atoms with Crippen LogP contribution in [0.25, 0.3) is 11.5 Å². The molecule has 0 bridgehead atoms. The molecule has 1 heterocycles. The predicted molar refractivity (Wildman–Crippen MR) is 129 cm³/mol. The zero-order chi connectivity index (χ0) is 25.5. The molecule has 2 amide bonds. The van der Waals surface area contributed by atoms with E-state index < -0.39 is 23.1 Å². The zero-order valence-electron chi connectivity index (χ0n) is 19.4. The molecule has 0 unspecified atom stereocenters. The van der Waals surface area contributed by atoms with Gasteiger partial charge in [-0.05, 0) is 43.3 Å². The molecular formula is C27H23F2N3O4. The van der Waals surface area contributed by atoms with E-state index in [1.165, 1.54) is 12.1 Å². The van der Waals surface area contributed by atoms with Crippen LogP contribution >= 0.6 is 0 Å². The summed E-state index contributed by atoms with van der Waals surface area (Å²) in [5.41, 5.74) is 1.06. The molecule has 0 atom stereocenters. The number of ether oxygens (including phenoxy) is 1. The van der Waals surface area contributed by atoms with Crippen LogP contribution in [0.2, 0.25) is 0 Å². The van der Waals surface area contributed by atoms with E-state index in [4.69, 9.17) is 9.15 Å². The highest BCUT2D eigenvalue weighted by molar-refractivity contribution is 5.95. The van der Waals surface area contributed by atoms with Gasteiger partial charge in [0.05, 0.1) is 36.4 Å². The molecule has 7 nitrogen and oxygen atoms in total. The van der Waals surface area contributed by atoms with E-state index in [1.807, 2.05) is 30.3 Å². The molecule has 1 aromatic heterocycles. The Kier molecular flexibility index (Phi) is 7.69. The van der Waals surface area contributed by atoms with Crippen molar-refractivity contribution in [2.45, 2.75) is 19.9 Å². The first-order valence-electron chi connectivity index (χ1n) is 11.2. The van der Waals surface area contributed by atoms with Crippen LogP contribution < -0.4 is 15.4 Å². The molecule has 4 rings (SSSR count). The number of carbonyl (C=O) groups is 2. The van der Waals surface area contributed by atoms with E-state index in [0.717, 1.165) is 6.07 Å². The van der Waals surface area contributed by atoms with Gasteiger partial charge in [0, 0.05) is 0 Å². The van der Waals surface area contributed by atoms with Crippen LogP contribution in [-0.2, 0) is 11.3 Å². The highest BCUT2D eigenvalue weighted by Crippen LogP contribution is 2.29. The van der Waals surface area contributed by atoms with Crippen molar-refractivity contribution in [2.75, 3.05) is 11.9 Å². The molecule has 0 spiro atoms. The van der Waals surface area contributed by atoms with Crippen molar-refractivity contribution in [3.05, 3.63) is 101 Å². The van der Waals surface area contributed by atoms with Gasteiger partial charge in [0.15, 0.2) is 11.6 Å². The van der Waals surface area contributed by atoms with Gasteiger partial charge in [-0.15, -0.1) is 0 Å². The van der Waals surface area contributed by atoms with E-state index in [-0.39, 0.29) is 31.4 Å². The van der Waals surface area contributed by atoms with Gasteiger partial charge in [-0.1, -0.05) is 36.4 Å². The summed E-state index contributed by atoms with van der Waals surface area (Å²) < 4.78 is 38.6. The monoisotopic (exact) mass is 491 g/mol. The molecule has 36 heavy (non-hydrogen) atoms. The number of aromatic nitrogens is 1. The summed E-state index contributed by atoms with van der Waals surface area (Å²) in [7, 11) is 0. The van der Waals surface area contributed by atoms with Crippen LogP contribution in [0.3, 0.4) is 0 Å². The van der Waals surface area contributed by atoms with E-state index >= 15 is 0 Å². The number of nitrogens with one attached hydrogen (secondary N) is 2. The van der Waals surface area contributed by atoms with Gasteiger partial charge < -0.3 is 19.8 Å². The molecule has 0 aliphatic carbocycles. The van der Waals surface area contributed by atoms with Crippen molar-refractivity contribution >= 4 is 17.5 Å². The molecule has 0 saturated heterocycles. The Balaban J connectivity index is 1.40. The summed E-state index contributed by atoms with van der Waals surface area (Å²) in [6.07, 6.45) is 0.141. The summed E-state index contributed by atoms with van der Waals surface area (Å²) in [5, 5.41) is 5.36. The van der Waals surface area contributed by atoms with Crippen molar-refractivity contribution in [3.8, 4) is 17.2 Å². The maximum Gasteiger partial charge on any atom is 0.254 e. The number of anilines is 1. The van der Waals surface area contributed by atoms with Gasteiger partial charge in [-0.3, -0.25) is 9.59 Å². The zero-order valence-corrected chi connectivity index (χ0v) is 19.4. The molecule has 3 aromatic carbocycles. The van der Waals surface area contributed by atoms with Crippen LogP contribution in [0.4, 0.5) is 14.5 Å². The highest BCUT2D eigenvalue weighted by atomic mass is 19.2. The fraction of sp³-hybridized carbons (Fsp3) is 0.148. The summed E-state index contributed by atoms with van der Waals surface area (Å²) in [4.78, 5) is 29.2. The van der Waals surface area contributed by atoms with Crippen LogP contribution in [0.1, 0.15) is 28.2 Å². The van der Waals surface area contributed by atoms with Gasteiger partial charge in [-0.2, -0.15) is 0 Å². The SMILES string of the molecule is Cc1oc(-c2ccccc2NC(=O)CCOc2ccccc2)nc1CNC(=O)c1cccc(F)c1F. The Labute approximate surface area is 206 Å². The van der Waals surface area contributed by atoms with Crippen molar-refractivity contribution in [2.24, 2.45) is 0 Å². The topological polar surface area (TPSA) is 93.5 Å². The Morgan fingerprint density at radius 1 is 0.972 bits per heavy atom. The third kappa shape index (κ3) is 5.93. The maximum atomic E-state index is 13.9. The molecule has 0 fully saturated rings. The summed E-state index contributed by atoms with van der Waals surface area (Å²) in [6.45, 7) is 1.82. The molecule has 0 aliphatic rings. The summed E-state index contributed by atoms with van der Waals surface area (Å²) in [6, 6.07) is 19.6. The van der Waals surface area contributed by atoms with Crippen molar-refractivity contribution in [1.82, 2.24) is 10.3 Å². The third-order valence-corrected chi connectivity index (χ3v) is 5.28. The van der Waals surface area contributed by atoms with Gasteiger partial charge in [-0.25, -0.2) is 13.8 Å². The minimum atomic E-state index is -1.22. The average molecular weight is 491 g/mol. The standard InChI is InChI=1S/C27H23F2N3O4/c1-17-23(16-30-26(34)20-11-7-12-21(28)25(20)29)32-27(36-17)19-10-5-6-13-22(19)31-24(33)14-15-35-18-8-3-2-4-9-18/h2-13H,14-16H2,1H3,(H,30,34)(H,31,33). The quantitative estimate of drug-likeness (QED) is 0.333. The summed E-state index contributed by atoms with van der Waals surface area (Å²) >= 11 is 0. The van der Waals surface area contributed by atoms with Gasteiger partial charge in [0.25, 0.3) is 5.91 Å². The highest BCUT2D eigenvalue weighted by Gasteiger charge is 2.18. The number of oxazole rings is 1. The van der Waals surface area contributed by atoms with Gasteiger partial charge in [0.1, 0.15) is 17.2 Å². The van der Waals surface area contributed by atoms with Crippen molar-refractivity contribution < 1.29 is 27.5 Å². The number of nitrogens with zero attached hydrogens (tertiary/aromatic N) is 1. The van der Waals surface area contributed by atoms with Gasteiger partial charge >= 0.3 is 0 Å². The lowest BCUT2D eigenvalue weighted by molar-refractivity contribution is -0.116. The van der Waals surface area contributed by atoms with Crippen LogP contribution in [0.15, 0.2) is 77.2 Å². The Bertz CT molecular complexity index is 1370. The summed E-state index contributed by atoms with van der Waals surface area (Å²) in [5.74, 6) is -1.99. The second kappa shape index (κ2) is 11.3. The molecule has 2 N–H and O–H groups in total. The molecule has 0 radical (unpaired) electrons. The molecule has 9 heteroatoms. The number of carbonyl (C=O) groups excluding carboxylic acids is 2. The lowest BCUT2D eigenvalue weighted by Crippen LogP contribution is -2.24. The first-order valence-corrected chi connectivity index (χ1v) is 11.2. The van der Waals surface area contributed by atoms with E-state index in [9.17, 15) is 18.4 Å². The minimum absolute atomic E-state index is 0.0600. The number of hydrogen-bond acceptors (Lipinski definition) is 5. The number of para-hydroxylation sites is 2. The minimum Gasteiger partial charge on any atom is -0.493 e. The van der Waals surface area contributed by atoms with E-state index in [2.05, 4.69) is 15.6 Å². The third-order valence-electron chi connectivity index (χ3n) is 5.28. The number of hydrogen-bond donors (Lipinski definition) is 2. The second-order valence-electron chi connectivity index (χ2n) is 7.81. The molecule has 0 saturated carbocycles. The van der Waals surface area contributed by atoms with E-state index in [0.29, 0.717) is 28.5 Å². The number of aryl methyl sites for hydroxylation is 1. The normalized spacial score (nSPS) is 10.6. The molecule has 184 valence electrons. The van der Waals surface area contributed by atoms with Crippen molar-refractivity contribution in [3.63, 3.8) is 0 Å². The number of benzene rings is 3. The van der Waals surface area contributed by atoms with Crippen molar-refractivity contribution in [1.29, 1.82) is 0 Å². The largest absolute Gasteiger partial charge is 0.493 e. The van der Waals surface area contributed by atoms with Crippen LogP contribution in [-0.4, -0.2) is 23.4 Å². The fourth-order valence-electron chi connectivity index (χ4n) is 3.42. The number of rotatable bonds is 9. The van der Waals surface area contributed by atoms with Crippen LogP contribution in [0, 0.1) is 18.6 Å². The number of halogens is 2. The Hall–Kier alpha value is -4.53. The molecule has 4 aromatic rings. The fourth-order valence-corrected chi connectivity index (χ4v) is 3.42. The lowest BCUT2D eigenvalue weighted by Gasteiger charge is -2.10. The lowest BCUT2D eigenvalue weighted by atomic mass is 10.1. The molecular weight excluding hydrogens is 468 g/mol. The second-order valence-corrected chi connectivity index (χ2v) is 7.81.